The van der Waals surface area contributed by atoms with Crippen molar-refractivity contribution in [3.8, 4) is 0 Å². The monoisotopic (exact) mass is 342 g/mol. The van der Waals surface area contributed by atoms with E-state index in [1.54, 1.807) is 37.3 Å². The van der Waals surface area contributed by atoms with Gasteiger partial charge >= 0.3 is 0 Å². The Labute approximate surface area is 138 Å². The van der Waals surface area contributed by atoms with Gasteiger partial charge in [0.05, 0.1) is 11.6 Å². The fraction of sp³-hybridized carbons (Fsp3) is 0.188. The molecule has 0 aromatic heterocycles. The van der Waals surface area contributed by atoms with Crippen LogP contribution in [0.5, 0.6) is 0 Å². The molecule has 2 aromatic carbocycles. The van der Waals surface area contributed by atoms with Crippen molar-refractivity contribution in [2.45, 2.75) is 19.6 Å². The summed E-state index contributed by atoms with van der Waals surface area (Å²) in [6, 6.07) is 12.1. The van der Waals surface area contributed by atoms with E-state index in [4.69, 9.17) is 39.5 Å². The Morgan fingerprint density at radius 3 is 2.48 bits per heavy atom. The second-order valence-corrected chi connectivity index (χ2v) is 5.85. The van der Waals surface area contributed by atoms with Gasteiger partial charge in [0.15, 0.2) is 5.78 Å². The second-order valence-electron chi connectivity index (χ2n) is 4.57. The normalized spacial score (nSPS) is 12.2. The number of Topliss-reactive ketones (excluding diaryl/α,β-unsaturated/α-hetero) is 1. The highest BCUT2D eigenvalue weighted by molar-refractivity contribution is 6.37. The third kappa shape index (κ3) is 4.45. The van der Waals surface area contributed by atoms with E-state index < -0.39 is 6.10 Å². The topological polar surface area (TPSA) is 26.3 Å². The highest BCUT2D eigenvalue weighted by atomic mass is 35.5. The van der Waals surface area contributed by atoms with Gasteiger partial charge in [0.1, 0.15) is 6.10 Å². The number of hydrogen-bond donors (Lipinski definition) is 0. The Hall–Kier alpha value is -1.06. The van der Waals surface area contributed by atoms with Crippen LogP contribution in [-0.4, -0.2) is 11.9 Å². The number of hydrogen-bond acceptors (Lipinski definition) is 2. The molecule has 2 rings (SSSR count). The van der Waals surface area contributed by atoms with E-state index in [0.717, 1.165) is 5.56 Å². The molecule has 1 atom stereocenters. The summed E-state index contributed by atoms with van der Waals surface area (Å²) < 4.78 is 5.58. The number of carbonyl (C=O) groups is 1. The minimum absolute atomic E-state index is 0.182. The quantitative estimate of drug-likeness (QED) is 0.676. The fourth-order valence-corrected chi connectivity index (χ4v) is 2.55. The molecule has 0 amide bonds. The van der Waals surface area contributed by atoms with Crippen LogP contribution in [0.1, 0.15) is 22.8 Å². The maximum atomic E-state index is 12.3. The molecule has 0 bridgehead atoms. The number of carbonyl (C=O) groups excluding carboxylic acids is 1. The molecule has 0 heterocycles. The molecule has 2 aromatic rings. The van der Waals surface area contributed by atoms with Gasteiger partial charge < -0.3 is 4.74 Å². The largest absolute Gasteiger partial charge is 0.366 e. The minimum Gasteiger partial charge on any atom is -0.366 e. The molecular formula is C16H13Cl3O2. The summed E-state index contributed by atoms with van der Waals surface area (Å²) in [6.45, 7) is 2.00. The predicted octanol–water partition coefficient (Wildman–Crippen LogP) is 5.43. The lowest BCUT2D eigenvalue weighted by Crippen LogP contribution is -2.21. The van der Waals surface area contributed by atoms with Crippen molar-refractivity contribution in [1.29, 1.82) is 0 Å². The first-order valence-electron chi connectivity index (χ1n) is 6.32. The summed E-state index contributed by atoms with van der Waals surface area (Å²) in [5, 5.41) is 1.45. The van der Waals surface area contributed by atoms with E-state index >= 15 is 0 Å². The fourth-order valence-electron chi connectivity index (χ4n) is 1.83. The van der Waals surface area contributed by atoms with Gasteiger partial charge in [-0.05, 0) is 42.8 Å². The molecule has 21 heavy (non-hydrogen) atoms. The molecule has 0 aliphatic carbocycles. The molecule has 2 nitrogen and oxygen atoms in total. The molecule has 1 unspecified atom stereocenters. The molecule has 0 aliphatic rings. The van der Waals surface area contributed by atoms with Gasteiger partial charge in [-0.15, -0.1) is 0 Å². The van der Waals surface area contributed by atoms with E-state index in [-0.39, 0.29) is 5.78 Å². The van der Waals surface area contributed by atoms with Crippen LogP contribution in [0, 0.1) is 0 Å². The summed E-state index contributed by atoms with van der Waals surface area (Å²) in [6.07, 6.45) is -0.609. The van der Waals surface area contributed by atoms with Gasteiger partial charge in [-0.25, -0.2) is 0 Å². The standard InChI is InChI=1S/C16H13Cl3O2/c1-10(21-9-11-3-2-4-12(17)7-11)16(20)14-6-5-13(18)8-15(14)19/h2-8,10H,9H2,1H3. The van der Waals surface area contributed by atoms with Gasteiger partial charge in [-0.3, -0.25) is 4.79 Å². The molecule has 0 spiro atoms. The van der Waals surface area contributed by atoms with E-state index in [9.17, 15) is 4.79 Å². The van der Waals surface area contributed by atoms with Crippen LogP contribution < -0.4 is 0 Å². The molecule has 0 fully saturated rings. The summed E-state index contributed by atoms with van der Waals surface area (Å²) in [7, 11) is 0. The van der Waals surface area contributed by atoms with Crippen molar-refractivity contribution in [3.05, 3.63) is 68.7 Å². The number of benzene rings is 2. The molecule has 0 radical (unpaired) electrons. The average Bonchev–Trinajstić information content (AvgIpc) is 2.44. The zero-order valence-electron chi connectivity index (χ0n) is 11.3. The first-order valence-corrected chi connectivity index (χ1v) is 7.46. The van der Waals surface area contributed by atoms with Crippen LogP contribution in [-0.2, 0) is 11.3 Å². The number of ketones is 1. The summed E-state index contributed by atoms with van der Waals surface area (Å²) in [4.78, 5) is 12.3. The van der Waals surface area contributed by atoms with Gasteiger partial charge in [-0.2, -0.15) is 0 Å². The Bertz CT molecular complexity index is 656. The lowest BCUT2D eigenvalue weighted by Gasteiger charge is -2.13. The van der Waals surface area contributed by atoms with Crippen molar-refractivity contribution >= 4 is 40.6 Å². The minimum atomic E-state index is -0.609. The third-order valence-electron chi connectivity index (χ3n) is 2.95. The van der Waals surface area contributed by atoms with Crippen molar-refractivity contribution in [3.63, 3.8) is 0 Å². The van der Waals surface area contributed by atoms with Crippen LogP contribution in [0.15, 0.2) is 42.5 Å². The van der Waals surface area contributed by atoms with Crippen molar-refractivity contribution in [1.82, 2.24) is 0 Å². The first-order chi connectivity index (χ1) is 9.97. The molecule has 0 aliphatic heterocycles. The number of rotatable bonds is 5. The first kappa shape index (κ1) is 16.3. The summed E-state index contributed by atoms with van der Waals surface area (Å²) in [5.41, 5.74) is 1.31. The molecule has 0 saturated carbocycles. The van der Waals surface area contributed by atoms with Crippen molar-refractivity contribution in [2.24, 2.45) is 0 Å². The van der Waals surface area contributed by atoms with Crippen molar-refractivity contribution < 1.29 is 9.53 Å². The maximum Gasteiger partial charge on any atom is 0.192 e. The third-order valence-corrected chi connectivity index (χ3v) is 3.74. The smallest absolute Gasteiger partial charge is 0.192 e. The molecule has 110 valence electrons. The molecule has 5 heteroatoms. The van der Waals surface area contributed by atoms with Crippen LogP contribution in [0.3, 0.4) is 0 Å². The van der Waals surface area contributed by atoms with Crippen LogP contribution in [0.4, 0.5) is 0 Å². The van der Waals surface area contributed by atoms with Crippen LogP contribution in [0.25, 0.3) is 0 Å². The lowest BCUT2D eigenvalue weighted by molar-refractivity contribution is 0.0412. The van der Waals surface area contributed by atoms with E-state index in [1.165, 1.54) is 0 Å². The number of ether oxygens (including phenoxy) is 1. The van der Waals surface area contributed by atoms with Crippen LogP contribution in [0.2, 0.25) is 15.1 Å². The average molecular weight is 344 g/mol. The van der Waals surface area contributed by atoms with Gasteiger partial charge in [0, 0.05) is 15.6 Å². The highest BCUT2D eigenvalue weighted by Crippen LogP contribution is 2.23. The van der Waals surface area contributed by atoms with Gasteiger partial charge in [0.2, 0.25) is 0 Å². The lowest BCUT2D eigenvalue weighted by atomic mass is 10.1. The van der Waals surface area contributed by atoms with Crippen LogP contribution >= 0.6 is 34.8 Å². The zero-order valence-corrected chi connectivity index (χ0v) is 13.5. The van der Waals surface area contributed by atoms with Gasteiger partial charge in [0.25, 0.3) is 0 Å². The Morgan fingerprint density at radius 2 is 1.81 bits per heavy atom. The van der Waals surface area contributed by atoms with Gasteiger partial charge in [-0.1, -0.05) is 46.9 Å². The van der Waals surface area contributed by atoms with E-state index in [2.05, 4.69) is 0 Å². The maximum absolute atomic E-state index is 12.3. The molecule has 0 N–H and O–H groups in total. The number of halogens is 3. The highest BCUT2D eigenvalue weighted by Gasteiger charge is 2.18. The Morgan fingerprint density at radius 1 is 1.10 bits per heavy atom. The summed E-state index contributed by atoms with van der Waals surface area (Å²) in [5.74, 6) is -0.182. The van der Waals surface area contributed by atoms with E-state index in [1.807, 2.05) is 12.1 Å². The summed E-state index contributed by atoms with van der Waals surface area (Å²) >= 11 is 17.7. The second kappa shape index (κ2) is 7.28. The van der Waals surface area contributed by atoms with E-state index in [0.29, 0.717) is 27.2 Å². The molecule has 0 saturated heterocycles. The predicted molar refractivity (Wildman–Crippen MR) is 86.5 cm³/mol. The molecular weight excluding hydrogens is 331 g/mol. The Kier molecular flexibility index (Phi) is 5.65. The SMILES string of the molecule is CC(OCc1cccc(Cl)c1)C(=O)c1ccc(Cl)cc1Cl. The van der Waals surface area contributed by atoms with Crippen molar-refractivity contribution in [2.75, 3.05) is 0 Å². The Balaban J connectivity index is 2.02. The zero-order chi connectivity index (χ0) is 15.4.